The van der Waals surface area contributed by atoms with Gasteiger partial charge in [0, 0.05) is 39.3 Å². The molecular formula is C21H25ClFN5O. The molecule has 2 saturated heterocycles. The molecule has 8 heteroatoms. The number of aromatic nitrogens is 2. The first-order chi connectivity index (χ1) is 14.1. The molecule has 6 nitrogen and oxygen atoms in total. The molecule has 2 aliphatic rings. The minimum Gasteiger partial charge on any atom is -0.355 e. The molecule has 4 rings (SSSR count). The van der Waals surface area contributed by atoms with E-state index in [1.54, 1.807) is 4.90 Å². The van der Waals surface area contributed by atoms with E-state index in [0.29, 0.717) is 31.7 Å². The summed E-state index contributed by atoms with van der Waals surface area (Å²) in [5.74, 6) is 1.15. The van der Waals surface area contributed by atoms with Gasteiger partial charge >= 0.3 is 0 Å². The molecule has 0 spiro atoms. The number of hydrogen-bond acceptors (Lipinski definition) is 5. The molecule has 2 aliphatic heterocycles. The van der Waals surface area contributed by atoms with Crippen molar-refractivity contribution < 1.29 is 9.18 Å². The van der Waals surface area contributed by atoms with Crippen LogP contribution in [0.1, 0.15) is 36.0 Å². The van der Waals surface area contributed by atoms with Crippen molar-refractivity contribution in [1.29, 1.82) is 0 Å². The standard InChI is InChI=1S/C21H25ClFN5O/c22-18-15-16(23)5-6-17(18)21(29)28-13-11-27(12-14-28)20-8-7-19(24-25-20)26-9-3-1-2-4-10-26/h5-8,15H,1-4,9-14H2. The molecule has 1 amide bonds. The lowest BCUT2D eigenvalue weighted by Crippen LogP contribution is -2.49. The lowest BCUT2D eigenvalue weighted by molar-refractivity contribution is 0.0746. The van der Waals surface area contributed by atoms with Gasteiger partial charge in [0.2, 0.25) is 0 Å². The zero-order chi connectivity index (χ0) is 20.2. The molecule has 1 aromatic heterocycles. The summed E-state index contributed by atoms with van der Waals surface area (Å²) in [7, 11) is 0. The Bertz CT molecular complexity index is 847. The quantitative estimate of drug-likeness (QED) is 0.763. The first-order valence-corrected chi connectivity index (χ1v) is 10.6. The third-order valence-electron chi connectivity index (χ3n) is 5.62. The number of hydrogen-bond donors (Lipinski definition) is 0. The van der Waals surface area contributed by atoms with Crippen molar-refractivity contribution in [1.82, 2.24) is 15.1 Å². The van der Waals surface area contributed by atoms with Gasteiger partial charge in [-0.3, -0.25) is 4.79 Å². The summed E-state index contributed by atoms with van der Waals surface area (Å²) in [6, 6.07) is 7.94. The van der Waals surface area contributed by atoms with Crippen molar-refractivity contribution in [3.05, 3.63) is 46.7 Å². The first-order valence-electron chi connectivity index (χ1n) is 10.2. The maximum absolute atomic E-state index is 13.2. The highest BCUT2D eigenvalue weighted by Gasteiger charge is 2.24. The second-order valence-corrected chi connectivity index (χ2v) is 7.96. The maximum Gasteiger partial charge on any atom is 0.255 e. The molecular weight excluding hydrogens is 393 g/mol. The Hall–Kier alpha value is -2.41. The highest BCUT2D eigenvalue weighted by molar-refractivity contribution is 6.33. The van der Waals surface area contributed by atoms with Crippen LogP contribution in [0.2, 0.25) is 5.02 Å². The Balaban J connectivity index is 1.36. The van der Waals surface area contributed by atoms with Gasteiger partial charge in [-0.15, -0.1) is 10.2 Å². The van der Waals surface area contributed by atoms with Gasteiger partial charge in [0.1, 0.15) is 5.82 Å². The minimum absolute atomic E-state index is 0.146. The fourth-order valence-electron chi connectivity index (χ4n) is 3.93. The Morgan fingerprint density at radius 1 is 0.828 bits per heavy atom. The molecule has 154 valence electrons. The van der Waals surface area contributed by atoms with Crippen LogP contribution in [0.4, 0.5) is 16.0 Å². The van der Waals surface area contributed by atoms with Crippen molar-refractivity contribution in [2.24, 2.45) is 0 Å². The van der Waals surface area contributed by atoms with Gasteiger partial charge in [0.15, 0.2) is 11.6 Å². The zero-order valence-corrected chi connectivity index (χ0v) is 17.1. The summed E-state index contributed by atoms with van der Waals surface area (Å²) in [5.41, 5.74) is 0.336. The van der Waals surface area contributed by atoms with Crippen LogP contribution in [0.5, 0.6) is 0 Å². The lowest BCUT2D eigenvalue weighted by Gasteiger charge is -2.35. The molecule has 0 bridgehead atoms. The molecule has 0 unspecified atom stereocenters. The Kier molecular flexibility index (Phi) is 6.13. The van der Waals surface area contributed by atoms with E-state index in [0.717, 1.165) is 24.7 Å². The van der Waals surface area contributed by atoms with Gasteiger partial charge < -0.3 is 14.7 Å². The van der Waals surface area contributed by atoms with Crippen LogP contribution in [-0.4, -0.2) is 60.3 Å². The van der Waals surface area contributed by atoms with Crippen molar-refractivity contribution in [2.45, 2.75) is 25.7 Å². The number of rotatable bonds is 3. The predicted molar refractivity (Wildman–Crippen MR) is 112 cm³/mol. The highest BCUT2D eigenvalue weighted by atomic mass is 35.5. The molecule has 0 atom stereocenters. The summed E-state index contributed by atoms with van der Waals surface area (Å²) in [4.78, 5) is 18.9. The van der Waals surface area contributed by atoms with E-state index in [4.69, 9.17) is 11.6 Å². The van der Waals surface area contributed by atoms with Gasteiger partial charge in [0.25, 0.3) is 5.91 Å². The summed E-state index contributed by atoms with van der Waals surface area (Å²) < 4.78 is 13.2. The SMILES string of the molecule is O=C(c1ccc(F)cc1Cl)N1CCN(c2ccc(N3CCCCCC3)nn2)CC1. The zero-order valence-electron chi connectivity index (χ0n) is 16.4. The summed E-state index contributed by atoms with van der Waals surface area (Å²) in [5, 5.41) is 9.02. The van der Waals surface area contributed by atoms with E-state index in [9.17, 15) is 9.18 Å². The average molecular weight is 418 g/mol. The number of piperazine rings is 1. The molecule has 2 aromatic rings. The van der Waals surface area contributed by atoms with Gasteiger partial charge in [-0.05, 0) is 43.2 Å². The van der Waals surface area contributed by atoms with E-state index in [2.05, 4.69) is 20.0 Å². The summed E-state index contributed by atoms with van der Waals surface area (Å²) in [6.45, 7) is 4.54. The molecule has 1 aromatic carbocycles. The van der Waals surface area contributed by atoms with Crippen LogP contribution in [0, 0.1) is 5.82 Å². The first kappa shape index (κ1) is 19.9. The van der Waals surface area contributed by atoms with Crippen LogP contribution >= 0.6 is 11.6 Å². The number of halogens is 2. The van der Waals surface area contributed by atoms with E-state index >= 15 is 0 Å². The van der Waals surface area contributed by atoms with Crippen molar-refractivity contribution in [2.75, 3.05) is 49.1 Å². The molecule has 0 N–H and O–H groups in total. The molecule has 0 radical (unpaired) electrons. The number of carbonyl (C=O) groups excluding carboxylic acids is 1. The highest BCUT2D eigenvalue weighted by Crippen LogP contribution is 2.22. The van der Waals surface area contributed by atoms with Gasteiger partial charge in [0.05, 0.1) is 10.6 Å². The monoisotopic (exact) mass is 417 g/mol. The smallest absolute Gasteiger partial charge is 0.255 e. The third kappa shape index (κ3) is 4.61. The third-order valence-corrected chi connectivity index (χ3v) is 5.93. The Labute approximate surface area is 175 Å². The van der Waals surface area contributed by atoms with E-state index in [1.807, 2.05) is 12.1 Å². The van der Waals surface area contributed by atoms with E-state index in [1.165, 1.54) is 43.9 Å². The number of anilines is 2. The van der Waals surface area contributed by atoms with Crippen LogP contribution in [0.3, 0.4) is 0 Å². The van der Waals surface area contributed by atoms with Gasteiger partial charge in [-0.25, -0.2) is 4.39 Å². The lowest BCUT2D eigenvalue weighted by atomic mass is 10.1. The van der Waals surface area contributed by atoms with Crippen LogP contribution in [0.15, 0.2) is 30.3 Å². The molecule has 3 heterocycles. The second kappa shape index (κ2) is 8.95. The fourth-order valence-corrected chi connectivity index (χ4v) is 4.18. The molecule has 0 saturated carbocycles. The fraction of sp³-hybridized carbons (Fsp3) is 0.476. The van der Waals surface area contributed by atoms with Crippen molar-refractivity contribution >= 4 is 29.1 Å². The Morgan fingerprint density at radius 2 is 1.41 bits per heavy atom. The van der Waals surface area contributed by atoms with Crippen molar-refractivity contribution in [3.63, 3.8) is 0 Å². The summed E-state index contributed by atoms with van der Waals surface area (Å²) >= 11 is 6.04. The predicted octanol–water partition coefficient (Wildman–Crippen LogP) is 3.61. The number of carbonyl (C=O) groups is 1. The number of amides is 1. The minimum atomic E-state index is -0.446. The normalized spacial score (nSPS) is 17.9. The Morgan fingerprint density at radius 3 is 1.97 bits per heavy atom. The number of nitrogens with zero attached hydrogens (tertiary/aromatic N) is 5. The summed E-state index contributed by atoms with van der Waals surface area (Å²) in [6.07, 6.45) is 4.98. The van der Waals surface area contributed by atoms with Crippen LogP contribution in [-0.2, 0) is 0 Å². The largest absolute Gasteiger partial charge is 0.355 e. The maximum atomic E-state index is 13.2. The second-order valence-electron chi connectivity index (χ2n) is 7.55. The van der Waals surface area contributed by atoms with Crippen molar-refractivity contribution in [3.8, 4) is 0 Å². The van der Waals surface area contributed by atoms with Gasteiger partial charge in [-0.2, -0.15) is 0 Å². The van der Waals surface area contributed by atoms with Crippen LogP contribution < -0.4 is 9.80 Å². The average Bonchev–Trinajstić information content (AvgIpc) is 3.03. The number of benzene rings is 1. The van der Waals surface area contributed by atoms with Crippen LogP contribution in [0.25, 0.3) is 0 Å². The van der Waals surface area contributed by atoms with E-state index in [-0.39, 0.29) is 10.9 Å². The van der Waals surface area contributed by atoms with Gasteiger partial charge in [-0.1, -0.05) is 24.4 Å². The van der Waals surface area contributed by atoms with E-state index < -0.39 is 5.82 Å². The topological polar surface area (TPSA) is 52.6 Å². The molecule has 2 fully saturated rings. The molecule has 0 aliphatic carbocycles. The molecule has 29 heavy (non-hydrogen) atoms.